The summed E-state index contributed by atoms with van der Waals surface area (Å²) in [7, 11) is 0. The van der Waals surface area contributed by atoms with Crippen LogP contribution in [0.3, 0.4) is 0 Å². The molecule has 0 N–H and O–H groups in total. The second kappa shape index (κ2) is 10.4. The van der Waals surface area contributed by atoms with Crippen molar-refractivity contribution in [3.63, 3.8) is 0 Å². The second-order valence-electron chi connectivity index (χ2n) is 5.59. The zero-order valence-electron chi connectivity index (χ0n) is 12.7. The quantitative estimate of drug-likeness (QED) is 0.527. The van der Waals surface area contributed by atoms with Gasteiger partial charge in [-0.25, -0.2) is 0 Å². The van der Waals surface area contributed by atoms with Crippen LogP contribution in [0.5, 0.6) is 0 Å². The summed E-state index contributed by atoms with van der Waals surface area (Å²) < 4.78 is 0. The molecule has 0 amide bonds. The number of aliphatic carboxylic acids is 1. The van der Waals surface area contributed by atoms with Crippen molar-refractivity contribution in [2.24, 2.45) is 17.8 Å². The van der Waals surface area contributed by atoms with E-state index in [-0.39, 0.29) is 11.8 Å². The van der Waals surface area contributed by atoms with E-state index in [4.69, 9.17) is 0 Å². The van der Waals surface area contributed by atoms with E-state index < -0.39 is 5.97 Å². The number of carbonyl (C=O) groups excluding carboxylic acids is 1. The third kappa shape index (κ3) is 6.42. The van der Waals surface area contributed by atoms with E-state index in [1.807, 2.05) is 0 Å². The van der Waals surface area contributed by atoms with Crippen LogP contribution in [0, 0.1) is 17.8 Å². The summed E-state index contributed by atoms with van der Waals surface area (Å²) in [6.45, 7) is 8.60. The van der Waals surface area contributed by atoms with Crippen molar-refractivity contribution >= 4 is 5.97 Å². The summed E-state index contributed by atoms with van der Waals surface area (Å²) in [5, 5.41) is 11.3. The van der Waals surface area contributed by atoms with E-state index >= 15 is 0 Å². The van der Waals surface area contributed by atoms with Crippen molar-refractivity contribution < 1.29 is 9.90 Å². The number of unbranched alkanes of at least 4 members (excludes halogenated alkanes) is 3. The summed E-state index contributed by atoms with van der Waals surface area (Å²) in [5.74, 6) is -0.305. The fourth-order valence-corrected chi connectivity index (χ4v) is 2.84. The molecule has 0 bridgehead atoms. The highest BCUT2D eigenvalue weighted by atomic mass is 16.4. The molecular formula is C16H31O2-. The van der Waals surface area contributed by atoms with E-state index in [1.54, 1.807) is 0 Å². The van der Waals surface area contributed by atoms with Crippen LogP contribution in [0.15, 0.2) is 0 Å². The minimum Gasteiger partial charge on any atom is -0.550 e. The molecule has 0 aliphatic rings. The molecule has 18 heavy (non-hydrogen) atoms. The van der Waals surface area contributed by atoms with Crippen molar-refractivity contribution in [1.82, 2.24) is 0 Å². The Morgan fingerprint density at radius 3 is 2.06 bits per heavy atom. The molecule has 2 nitrogen and oxygen atoms in total. The van der Waals surface area contributed by atoms with Crippen LogP contribution in [-0.4, -0.2) is 5.97 Å². The van der Waals surface area contributed by atoms with Gasteiger partial charge in [-0.2, -0.15) is 0 Å². The van der Waals surface area contributed by atoms with Crippen LogP contribution in [0.1, 0.15) is 79.1 Å². The molecule has 0 aromatic carbocycles. The van der Waals surface area contributed by atoms with E-state index in [1.165, 1.54) is 25.7 Å². The highest BCUT2D eigenvalue weighted by Crippen LogP contribution is 2.31. The van der Waals surface area contributed by atoms with E-state index in [2.05, 4.69) is 27.7 Å². The number of hydrogen-bond acceptors (Lipinski definition) is 2. The van der Waals surface area contributed by atoms with Crippen molar-refractivity contribution in [1.29, 1.82) is 0 Å². The third-order valence-electron chi connectivity index (χ3n) is 4.25. The van der Waals surface area contributed by atoms with E-state index in [0.29, 0.717) is 5.92 Å². The molecule has 108 valence electrons. The number of rotatable bonds is 11. The van der Waals surface area contributed by atoms with E-state index in [9.17, 15) is 9.90 Å². The lowest BCUT2D eigenvalue weighted by Gasteiger charge is -2.31. The van der Waals surface area contributed by atoms with Crippen LogP contribution >= 0.6 is 0 Å². The van der Waals surface area contributed by atoms with Crippen molar-refractivity contribution in [3.8, 4) is 0 Å². The molecule has 0 aromatic rings. The summed E-state index contributed by atoms with van der Waals surface area (Å²) >= 11 is 0. The predicted molar refractivity (Wildman–Crippen MR) is 75.1 cm³/mol. The first-order chi connectivity index (χ1) is 8.58. The number of hydrogen-bond donors (Lipinski definition) is 0. The predicted octanol–water partition coefficient (Wildman–Crippen LogP) is 3.79. The van der Waals surface area contributed by atoms with Gasteiger partial charge in [-0.1, -0.05) is 72.6 Å². The van der Waals surface area contributed by atoms with Crippen LogP contribution < -0.4 is 5.11 Å². The van der Waals surface area contributed by atoms with Crippen LogP contribution in [0.25, 0.3) is 0 Å². The van der Waals surface area contributed by atoms with Gasteiger partial charge < -0.3 is 9.90 Å². The van der Waals surface area contributed by atoms with Gasteiger partial charge in [0, 0.05) is 11.9 Å². The largest absolute Gasteiger partial charge is 0.550 e. The van der Waals surface area contributed by atoms with Crippen molar-refractivity contribution in [2.75, 3.05) is 0 Å². The zero-order valence-corrected chi connectivity index (χ0v) is 12.7. The van der Waals surface area contributed by atoms with Gasteiger partial charge in [0.25, 0.3) is 0 Å². The topological polar surface area (TPSA) is 40.1 Å². The maximum absolute atomic E-state index is 11.3. The van der Waals surface area contributed by atoms with Gasteiger partial charge >= 0.3 is 0 Å². The first-order valence-corrected chi connectivity index (χ1v) is 7.79. The Morgan fingerprint density at radius 1 is 1.00 bits per heavy atom. The summed E-state index contributed by atoms with van der Waals surface area (Å²) in [4.78, 5) is 11.3. The summed E-state index contributed by atoms with van der Waals surface area (Å²) in [6.07, 6.45) is 8.80. The average molecular weight is 255 g/mol. The lowest BCUT2D eigenvalue weighted by Crippen LogP contribution is -2.37. The van der Waals surface area contributed by atoms with Gasteiger partial charge in [0.15, 0.2) is 0 Å². The molecule has 2 heteroatoms. The van der Waals surface area contributed by atoms with Gasteiger partial charge in [-0.3, -0.25) is 0 Å². The number of carboxylic acid groups (broad SMARTS) is 1. The first-order valence-electron chi connectivity index (χ1n) is 7.79. The van der Waals surface area contributed by atoms with Gasteiger partial charge in [0.2, 0.25) is 0 Å². The molecule has 0 radical (unpaired) electrons. The zero-order chi connectivity index (χ0) is 14.0. The minimum atomic E-state index is -0.843. The molecule has 0 aliphatic carbocycles. The molecule has 0 saturated heterocycles. The fourth-order valence-electron chi connectivity index (χ4n) is 2.84. The molecule has 0 rings (SSSR count). The van der Waals surface area contributed by atoms with Gasteiger partial charge in [-0.05, 0) is 18.3 Å². The number of carbonyl (C=O) groups is 1. The highest BCUT2D eigenvalue weighted by Gasteiger charge is 2.24. The Labute approximate surface area is 113 Å². The monoisotopic (exact) mass is 255 g/mol. The average Bonchev–Trinajstić information content (AvgIpc) is 2.34. The summed E-state index contributed by atoms with van der Waals surface area (Å²) in [6, 6.07) is 0. The molecule has 3 atom stereocenters. The standard InChI is InChI=1S/C16H32O2/c1-5-8-10-11-14(7-3)13(4)15(16(17)18)12-9-6-2/h13-15H,5-12H2,1-4H3,(H,17,18)/p-1. The maximum atomic E-state index is 11.3. The Morgan fingerprint density at radius 2 is 1.61 bits per heavy atom. The molecule has 0 aromatic heterocycles. The molecular weight excluding hydrogens is 224 g/mol. The Balaban J connectivity index is 4.39. The Bertz CT molecular complexity index is 213. The van der Waals surface area contributed by atoms with E-state index in [0.717, 1.165) is 25.7 Å². The molecule has 0 heterocycles. The van der Waals surface area contributed by atoms with Crippen molar-refractivity contribution in [3.05, 3.63) is 0 Å². The molecule has 3 unspecified atom stereocenters. The van der Waals surface area contributed by atoms with Gasteiger partial charge in [0.1, 0.15) is 0 Å². The molecule has 0 fully saturated rings. The van der Waals surface area contributed by atoms with Crippen LogP contribution in [0.2, 0.25) is 0 Å². The SMILES string of the molecule is CCCCCC(CC)C(C)C(CCCC)C(=O)[O-]. The second-order valence-corrected chi connectivity index (χ2v) is 5.59. The van der Waals surface area contributed by atoms with Crippen LogP contribution in [-0.2, 0) is 4.79 Å². The molecule has 0 saturated carbocycles. The Kier molecular flexibility index (Phi) is 10.1. The fraction of sp³-hybridized carbons (Fsp3) is 0.938. The normalized spacial score (nSPS) is 16.2. The highest BCUT2D eigenvalue weighted by molar-refractivity contribution is 5.67. The molecule has 0 spiro atoms. The Hall–Kier alpha value is -0.530. The first kappa shape index (κ1) is 17.5. The third-order valence-corrected chi connectivity index (χ3v) is 4.25. The van der Waals surface area contributed by atoms with Gasteiger partial charge in [0.05, 0.1) is 0 Å². The number of carboxylic acids is 1. The lowest BCUT2D eigenvalue weighted by molar-refractivity contribution is -0.314. The molecule has 0 aliphatic heterocycles. The minimum absolute atomic E-state index is 0.253. The smallest absolute Gasteiger partial charge is 0.0448 e. The van der Waals surface area contributed by atoms with Gasteiger partial charge in [-0.15, -0.1) is 0 Å². The van der Waals surface area contributed by atoms with Crippen molar-refractivity contribution in [2.45, 2.75) is 79.1 Å². The van der Waals surface area contributed by atoms with Crippen LogP contribution in [0.4, 0.5) is 0 Å². The summed E-state index contributed by atoms with van der Waals surface area (Å²) in [5.41, 5.74) is 0. The maximum Gasteiger partial charge on any atom is 0.0448 e. The lowest BCUT2D eigenvalue weighted by atomic mass is 9.77.